The predicted molar refractivity (Wildman–Crippen MR) is 112 cm³/mol. The number of halogens is 2. The molecule has 3 N–H and O–H groups in total. The van der Waals surface area contributed by atoms with Gasteiger partial charge in [0.15, 0.2) is 0 Å². The van der Waals surface area contributed by atoms with Crippen molar-refractivity contribution < 1.29 is 13.5 Å². The van der Waals surface area contributed by atoms with Gasteiger partial charge in [-0.15, -0.1) is 0 Å². The van der Waals surface area contributed by atoms with Crippen LogP contribution in [0.15, 0.2) is 30.7 Å². The molecule has 4 rings (SSSR count). The summed E-state index contributed by atoms with van der Waals surface area (Å²) in [7, 11) is 0. The summed E-state index contributed by atoms with van der Waals surface area (Å²) >= 11 is 0. The summed E-state index contributed by atoms with van der Waals surface area (Å²) in [6.07, 6.45) is 11.5. The summed E-state index contributed by atoms with van der Waals surface area (Å²) in [5, 5.41) is 3.98. The summed E-state index contributed by atoms with van der Waals surface area (Å²) in [5.74, 6) is 0.863. The molecule has 3 aromatic heterocycles. The first-order chi connectivity index (χ1) is 14.5. The van der Waals surface area contributed by atoms with E-state index < -0.39 is 6.61 Å². The van der Waals surface area contributed by atoms with Gasteiger partial charge in [-0.3, -0.25) is 0 Å². The molecular formula is C21H26F2N6O. The van der Waals surface area contributed by atoms with Crippen LogP contribution in [-0.4, -0.2) is 38.8 Å². The van der Waals surface area contributed by atoms with Gasteiger partial charge in [-0.2, -0.15) is 13.8 Å². The minimum Gasteiger partial charge on any atom is -0.384 e. The first-order valence-electron chi connectivity index (χ1n) is 10.3. The van der Waals surface area contributed by atoms with Crippen LogP contribution in [0.25, 0.3) is 22.2 Å². The Morgan fingerprint density at radius 1 is 1.20 bits per heavy atom. The number of anilines is 2. The van der Waals surface area contributed by atoms with Crippen LogP contribution < -0.4 is 11.1 Å². The number of nitrogen functional groups attached to an aromatic ring is 1. The molecule has 3 aromatic rings. The number of rotatable bonds is 7. The van der Waals surface area contributed by atoms with E-state index in [9.17, 15) is 8.78 Å². The lowest BCUT2D eigenvalue weighted by atomic mass is 9.95. The summed E-state index contributed by atoms with van der Waals surface area (Å²) < 4.78 is 31.2. The molecule has 1 aliphatic carbocycles. The molecule has 0 bridgehead atoms. The Hall–Kier alpha value is -2.81. The van der Waals surface area contributed by atoms with Gasteiger partial charge in [0.2, 0.25) is 5.95 Å². The second kappa shape index (κ2) is 8.91. The molecule has 3 heterocycles. The Bertz CT molecular complexity index is 985. The van der Waals surface area contributed by atoms with Crippen molar-refractivity contribution in [3.05, 3.63) is 30.7 Å². The molecule has 160 valence electrons. The lowest BCUT2D eigenvalue weighted by Crippen LogP contribution is -2.24. The smallest absolute Gasteiger partial charge is 0.345 e. The molecule has 0 aromatic carbocycles. The Morgan fingerprint density at radius 2 is 2.00 bits per heavy atom. The first-order valence-corrected chi connectivity index (χ1v) is 10.3. The lowest BCUT2D eigenvalue weighted by molar-refractivity contribution is -0.130. The van der Waals surface area contributed by atoms with Crippen molar-refractivity contribution in [1.82, 2.24) is 19.5 Å². The molecule has 0 spiro atoms. The minimum absolute atomic E-state index is 0.134. The third kappa shape index (κ3) is 4.51. The summed E-state index contributed by atoms with van der Waals surface area (Å²) in [5.41, 5.74) is 8.52. The maximum Gasteiger partial charge on any atom is 0.345 e. The molecule has 1 atom stereocenters. The van der Waals surface area contributed by atoms with Crippen LogP contribution in [0.2, 0.25) is 0 Å². The van der Waals surface area contributed by atoms with Crippen molar-refractivity contribution in [2.75, 3.05) is 17.7 Å². The standard InChI is InChI=1S/C21H26F2N6O/c1-13(12-30-20(22)23)27-21-26-10-16-17(14-7-8-18(24)25-9-14)11-29(19(16)28-21)15-5-3-2-4-6-15/h7-11,13,15,20H,2-6,12H2,1H3,(H2,24,25)(H,26,27,28)/t13-/m0/s1. The zero-order valence-electron chi connectivity index (χ0n) is 16.9. The monoisotopic (exact) mass is 416 g/mol. The zero-order valence-corrected chi connectivity index (χ0v) is 16.9. The van der Waals surface area contributed by atoms with Crippen molar-refractivity contribution in [3.63, 3.8) is 0 Å². The van der Waals surface area contributed by atoms with E-state index in [-0.39, 0.29) is 12.6 Å². The highest BCUT2D eigenvalue weighted by molar-refractivity contribution is 5.94. The number of hydrogen-bond donors (Lipinski definition) is 2. The maximum atomic E-state index is 12.3. The Kier molecular flexibility index (Phi) is 6.08. The lowest BCUT2D eigenvalue weighted by Gasteiger charge is -2.24. The number of hydrogen-bond acceptors (Lipinski definition) is 6. The van der Waals surface area contributed by atoms with E-state index in [2.05, 4.69) is 30.8 Å². The average molecular weight is 416 g/mol. The Morgan fingerprint density at radius 3 is 2.70 bits per heavy atom. The second-order valence-corrected chi connectivity index (χ2v) is 7.78. The van der Waals surface area contributed by atoms with E-state index in [1.807, 2.05) is 6.07 Å². The topological polar surface area (TPSA) is 90.9 Å². The number of nitrogens with two attached hydrogens (primary N) is 1. The fourth-order valence-corrected chi connectivity index (χ4v) is 4.01. The summed E-state index contributed by atoms with van der Waals surface area (Å²) in [6, 6.07) is 3.74. The van der Waals surface area contributed by atoms with E-state index in [1.54, 1.807) is 25.4 Å². The van der Waals surface area contributed by atoms with Crippen LogP contribution in [0.3, 0.4) is 0 Å². The van der Waals surface area contributed by atoms with Crippen LogP contribution in [0, 0.1) is 0 Å². The van der Waals surface area contributed by atoms with Gasteiger partial charge < -0.3 is 20.4 Å². The normalized spacial score (nSPS) is 16.3. The molecule has 7 nitrogen and oxygen atoms in total. The van der Waals surface area contributed by atoms with Crippen LogP contribution in [-0.2, 0) is 4.74 Å². The van der Waals surface area contributed by atoms with Gasteiger partial charge in [-0.25, -0.2) is 9.97 Å². The van der Waals surface area contributed by atoms with Gasteiger partial charge in [0, 0.05) is 47.2 Å². The SMILES string of the molecule is C[C@@H](COC(F)F)Nc1ncc2c(-c3ccc(N)nc3)cn(C3CCCCC3)c2n1. The van der Waals surface area contributed by atoms with E-state index in [0.29, 0.717) is 17.8 Å². The van der Waals surface area contributed by atoms with Gasteiger partial charge >= 0.3 is 6.61 Å². The third-order valence-electron chi connectivity index (χ3n) is 5.48. The summed E-state index contributed by atoms with van der Waals surface area (Å²) in [4.78, 5) is 13.4. The van der Waals surface area contributed by atoms with Crippen molar-refractivity contribution in [2.45, 2.75) is 57.7 Å². The molecule has 0 radical (unpaired) electrons. The van der Waals surface area contributed by atoms with Gasteiger partial charge in [-0.05, 0) is 31.9 Å². The molecule has 1 saturated carbocycles. The summed E-state index contributed by atoms with van der Waals surface area (Å²) in [6.45, 7) is -1.18. The highest BCUT2D eigenvalue weighted by Crippen LogP contribution is 2.36. The van der Waals surface area contributed by atoms with Crippen LogP contribution in [0.4, 0.5) is 20.5 Å². The molecule has 1 aliphatic rings. The maximum absolute atomic E-state index is 12.3. The minimum atomic E-state index is -2.79. The van der Waals surface area contributed by atoms with Crippen LogP contribution in [0.5, 0.6) is 0 Å². The molecule has 9 heteroatoms. The fraction of sp³-hybridized carbons (Fsp3) is 0.476. The first kappa shape index (κ1) is 20.5. The number of aromatic nitrogens is 4. The van der Waals surface area contributed by atoms with Crippen molar-refractivity contribution >= 4 is 22.8 Å². The zero-order chi connectivity index (χ0) is 21.1. The number of nitrogens with one attached hydrogen (secondary N) is 1. The van der Waals surface area contributed by atoms with E-state index in [4.69, 9.17) is 10.7 Å². The highest BCUT2D eigenvalue weighted by Gasteiger charge is 2.21. The molecular weight excluding hydrogens is 390 g/mol. The largest absolute Gasteiger partial charge is 0.384 e. The van der Waals surface area contributed by atoms with Gasteiger partial charge in [0.25, 0.3) is 0 Å². The molecule has 0 saturated heterocycles. The molecule has 0 unspecified atom stereocenters. The number of alkyl halides is 2. The Labute approximate surface area is 173 Å². The third-order valence-corrected chi connectivity index (χ3v) is 5.48. The highest BCUT2D eigenvalue weighted by atomic mass is 19.3. The van der Waals surface area contributed by atoms with Gasteiger partial charge in [0.05, 0.1) is 6.61 Å². The number of fused-ring (bicyclic) bond motifs is 1. The molecule has 30 heavy (non-hydrogen) atoms. The Balaban J connectivity index is 1.70. The number of nitrogens with zero attached hydrogens (tertiary/aromatic N) is 4. The molecule has 0 aliphatic heterocycles. The molecule has 0 amide bonds. The van der Waals surface area contributed by atoms with E-state index in [1.165, 1.54) is 19.3 Å². The van der Waals surface area contributed by atoms with Crippen LogP contribution in [0.1, 0.15) is 45.1 Å². The van der Waals surface area contributed by atoms with Crippen molar-refractivity contribution in [2.24, 2.45) is 0 Å². The van der Waals surface area contributed by atoms with Crippen LogP contribution >= 0.6 is 0 Å². The van der Waals surface area contributed by atoms with Gasteiger partial charge in [0.1, 0.15) is 11.5 Å². The quantitative estimate of drug-likeness (QED) is 0.584. The number of ether oxygens (including phenoxy) is 1. The predicted octanol–water partition coefficient (Wildman–Crippen LogP) is 4.62. The van der Waals surface area contributed by atoms with Crippen molar-refractivity contribution in [3.8, 4) is 11.1 Å². The molecule has 1 fully saturated rings. The van der Waals surface area contributed by atoms with E-state index >= 15 is 0 Å². The fourth-order valence-electron chi connectivity index (χ4n) is 4.01. The second-order valence-electron chi connectivity index (χ2n) is 7.78. The van der Waals surface area contributed by atoms with Gasteiger partial charge in [-0.1, -0.05) is 19.3 Å². The van der Waals surface area contributed by atoms with Crippen molar-refractivity contribution in [1.29, 1.82) is 0 Å². The number of pyridine rings is 1. The van der Waals surface area contributed by atoms with E-state index in [0.717, 1.165) is 35.0 Å². The average Bonchev–Trinajstić information content (AvgIpc) is 3.12.